The lowest BCUT2D eigenvalue weighted by molar-refractivity contribution is 0.0970. The number of Topliss-reactive ketones (excluding diaryl/α,β-unsaturated/α-hetero) is 1. The first-order chi connectivity index (χ1) is 10.1. The number of fused-ring (bicyclic) bond motifs is 1. The molecular weight excluding hydrogens is 256 g/mol. The Balaban J connectivity index is 1.83. The summed E-state index contributed by atoms with van der Waals surface area (Å²) in [6.45, 7) is 4.10. The van der Waals surface area contributed by atoms with Gasteiger partial charge in [0.05, 0.1) is 0 Å². The molecule has 1 heteroatoms. The van der Waals surface area contributed by atoms with E-state index in [1.54, 1.807) is 0 Å². The zero-order chi connectivity index (χ0) is 14.8. The van der Waals surface area contributed by atoms with E-state index in [2.05, 4.69) is 37.3 Å². The second-order valence-electron chi connectivity index (χ2n) is 6.23. The number of hydrogen-bond donors (Lipinski definition) is 0. The molecule has 1 atom stereocenters. The van der Waals surface area contributed by atoms with E-state index in [0.29, 0.717) is 12.3 Å². The monoisotopic (exact) mass is 278 g/mol. The highest BCUT2D eigenvalue weighted by Gasteiger charge is 2.23. The molecule has 1 aliphatic carbocycles. The average Bonchev–Trinajstić information content (AvgIpc) is 2.47. The fourth-order valence-electron chi connectivity index (χ4n) is 3.53. The van der Waals surface area contributed by atoms with E-state index in [1.807, 2.05) is 19.1 Å². The van der Waals surface area contributed by atoms with E-state index in [-0.39, 0.29) is 5.78 Å². The third-order valence-electron chi connectivity index (χ3n) is 4.61. The topological polar surface area (TPSA) is 17.1 Å². The number of hydrogen-bond acceptors (Lipinski definition) is 1. The van der Waals surface area contributed by atoms with Gasteiger partial charge in [-0.05, 0) is 55.7 Å². The summed E-state index contributed by atoms with van der Waals surface area (Å²) in [5, 5.41) is 0. The number of benzene rings is 2. The summed E-state index contributed by atoms with van der Waals surface area (Å²) in [5.41, 5.74) is 6.03. The number of aryl methyl sites for hydroxylation is 3. The highest BCUT2D eigenvalue weighted by molar-refractivity contribution is 5.98. The van der Waals surface area contributed by atoms with E-state index < -0.39 is 0 Å². The van der Waals surface area contributed by atoms with Crippen molar-refractivity contribution in [3.05, 3.63) is 70.3 Å². The van der Waals surface area contributed by atoms with Crippen LogP contribution < -0.4 is 0 Å². The molecule has 2 aromatic rings. The van der Waals surface area contributed by atoms with E-state index in [0.717, 1.165) is 24.0 Å². The fraction of sp³-hybridized carbons (Fsp3) is 0.350. The number of ketones is 1. The van der Waals surface area contributed by atoms with Crippen LogP contribution in [-0.2, 0) is 6.42 Å². The van der Waals surface area contributed by atoms with Gasteiger partial charge >= 0.3 is 0 Å². The summed E-state index contributed by atoms with van der Waals surface area (Å²) >= 11 is 0. The van der Waals surface area contributed by atoms with Crippen molar-refractivity contribution in [3.63, 3.8) is 0 Å². The summed E-state index contributed by atoms with van der Waals surface area (Å²) in [7, 11) is 0. The van der Waals surface area contributed by atoms with Crippen molar-refractivity contribution in [1.82, 2.24) is 0 Å². The molecule has 0 radical (unpaired) electrons. The summed E-state index contributed by atoms with van der Waals surface area (Å²) in [4.78, 5) is 12.7. The predicted molar refractivity (Wildman–Crippen MR) is 87.0 cm³/mol. The lowest BCUT2D eigenvalue weighted by Crippen LogP contribution is -2.14. The molecule has 0 aromatic heterocycles. The van der Waals surface area contributed by atoms with Gasteiger partial charge in [0.25, 0.3) is 0 Å². The molecule has 0 heterocycles. The molecule has 1 aliphatic rings. The Morgan fingerprint density at radius 3 is 2.76 bits per heavy atom. The quantitative estimate of drug-likeness (QED) is 0.722. The van der Waals surface area contributed by atoms with Crippen LogP contribution in [-0.4, -0.2) is 5.78 Å². The second kappa shape index (κ2) is 5.85. The SMILES string of the molecule is Cc1ccc(C(=O)CC2CCCc3ccccc32)c(C)c1. The van der Waals surface area contributed by atoms with Gasteiger partial charge in [-0.2, -0.15) is 0 Å². The Hall–Kier alpha value is -1.89. The molecule has 21 heavy (non-hydrogen) atoms. The fourth-order valence-corrected chi connectivity index (χ4v) is 3.53. The third kappa shape index (κ3) is 2.92. The van der Waals surface area contributed by atoms with Crippen LogP contribution in [0.2, 0.25) is 0 Å². The van der Waals surface area contributed by atoms with Crippen LogP contribution in [0.5, 0.6) is 0 Å². The maximum atomic E-state index is 12.7. The highest BCUT2D eigenvalue weighted by Crippen LogP contribution is 2.34. The van der Waals surface area contributed by atoms with Gasteiger partial charge in [-0.3, -0.25) is 4.79 Å². The Labute approximate surface area is 127 Å². The zero-order valence-electron chi connectivity index (χ0n) is 12.9. The van der Waals surface area contributed by atoms with Crippen molar-refractivity contribution >= 4 is 5.78 Å². The van der Waals surface area contributed by atoms with Gasteiger partial charge in [0.2, 0.25) is 0 Å². The smallest absolute Gasteiger partial charge is 0.163 e. The van der Waals surface area contributed by atoms with Crippen LogP contribution in [0, 0.1) is 13.8 Å². The Bertz CT molecular complexity index is 669. The van der Waals surface area contributed by atoms with E-state index in [9.17, 15) is 4.79 Å². The van der Waals surface area contributed by atoms with Gasteiger partial charge in [-0.15, -0.1) is 0 Å². The summed E-state index contributed by atoms with van der Waals surface area (Å²) < 4.78 is 0. The molecule has 0 fully saturated rings. The highest BCUT2D eigenvalue weighted by atomic mass is 16.1. The lowest BCUT2D eigenvalue weighted by atomic mass is 9.79. The van der Waals surface area contributed by atoms with E-state index in [1.165, 1.54) is 23.1 Å². The molecular formula is C20H22O. The van der Waals surface area contributed by atoms with Gasteiger partial charge in [-0.25, -0.2) is 0 Å². The first kappa shape index (κ1) is 14.1. The van der Waals surface area contributed by atoms with Crippen LogP contribution >= 0.6 is 0 Å². The molecule has 3 rings (SSSR count). The molecule has 0 aliphatic heterocycles. The summed E-state index contributed by atoms with van der Waals surface area (Å²) in [6, 6.07) is 14.7. The predicted octanol–water partition coefficient (Wildman–Crippen LogP) is 5.00. The van der Waals surface area contributed by atoms with Crippen LogP contribution in [0.4, 0.5) is 0 Å². The van der Waals surface area contributed by atoms with Gasteiger partial charge in [0.15, 0.2) is 5.78 Å². The molecule has 0 saturated carbocycles. The maximum Gasteiger partial charge on any atom is 0.163 e. The van der Waals surface area contributed by atoms with Gasteiger partial charge in [-0.1, -0.05) is 48.0 Å². The summed E-state index contributed by atoms with van der Waals surface area (Å²) in [6.07, 6.45) is 4.13. The molecule has 0 amide bonds. The molecule has 1 unspecified atom stereocenters. The van der Waals surface area contributed by atoms with Crippen LogP contribution in [0.25, 0.3) is 0 Å². The number of carbonyl (C=O) groups excluding carboxylic acids is 1. The average molecular weight is 278 g/mol. The molecule has 2 aromatic carbocycles. The van der Waals surface area contributed by atoms with Crippen LogP contribution in [0.15, 0.2) is 42.5 Å². The first-order valence-corrected chi connectivity index (χ1v) is 7.83. The minimum atomic E-state index is 0.286. The van der Waals surface area contributed by atoms with Crippen molar-refractivity contribution in [2.24, 2.45) is 0 Å². The molecule has 0 bridgehead atoms. The Morgan fingerprint density at radius 2 is 1.95 bits per heavy atom. The summed E-state index contributed by atoms with van der Waals surface area (Å²) in [5.74, 6) is 0.678. The molecule has 108 valence electrons. The molecule has 0 spiro atoms. The van der Waals surface area contributed by atoms with Crippen LogP contribution in [0.1, 0.15) is 57.8 Å². The number of rotatable bonds is 3. The molecule has 1 nitrogen and oxygen atoms in total. The minimum absolute atomic E-state index is 0.286. The zero-order valence-corrected chi connectivity index (χ0v) is 12.9. The first-order valence-electron chi connectivity index (χ1n) is 7.83. The van der Waals surface area contributed by atoms with Crippen molar-refractivity contribution < 1.29 is 4.79 Å². The van der Waals surface area contributed by atoms with Gasteiger partial charge in [0, 0.05) is 12.0 Å². The van der Waals surface area contributed by atoms with Crippen LogP contribution in [0.3, 0.4) is 0 Å². The minimum Gasteiger partial charge on any atom is -0.294 e. The van der Waals surface area contributed by atoms with Crippen molar-refractivity contribution in [3.8, 4) is 0 Å². The third-order valence-corrected chi connectivity index (χ3v) is 4.61. The van der Waals surface area contributed by atoms with Crippen molar-refractivity contribution in [2.75, 3.05) is 0 Å². The van der Waals surface area contributed by atoms with Crippen molar-refractivity contribution in [1.29, 1.82) is 0 Å². The largest absolute Gasteiger partial charge is 0.294 e. The van der Waals surface area contributed by atoms with E-state index >= 15 is 0 Å². The van der Waals surface area contributed by atoms with Gasteiger partial charge in [0.1, 0.15) is 0 Å². The van der Waals surface area contributed by atoms with Gasteiger partial charge < -0.3 is 0 Å². The van der Waals surface area contributed by atoms with E-state index in [4.69, 9.17) is 0 Å². The Kier molecular flexibility index (Phi) is 3.92. The lowest BCUT2D eigenvalue weighted by Gasteiger charge is -2.25. The maximum absolute atomic E-state index is 12.7. The number of carbonyl (C=O) groups is 1. The second-order valence-corrected chi connectivity index (χ2v) is 6.23. The molecule has 0 N–H and O–H groups in total. The van der Waals surface area contributed by atoms with Crippen molar-refractivity contribution in [2.45, 2.75) is 45.4 Å². The normalized spacial score (nSPS) is 17.3. The Morgan fingerprint density at radius 1 is 1.14 bits per heavy atom. The molecule has 0 saturated heterocycles. The standard InChI is InChI=1S/C20H22O/c1-14-10-11-18(15(2)12-14)20(21)13-17-8-5-7-16-6-3-4-9-19(16)17/h3-4,6,9-12,17H,5,7-8,13H2,1-2H3.